The van der Waals surface area contributed by atoms with Gasteiger partial charge in [0.05, 0.1) is 16.7 Å². The molecule has 6 nitrogen and oxygen atoms in total. The molecule has 0 aliphatic heterocycles. The number of hydrogen-bond donors (Lipinski definition) is 0. The highest BCUT2D eigenvalue weighted by molar-refractivity contribution is 7.09. The van der Waals surface area contributed by atoms with Crippen molar-refractivity contribution < 1.29 is 18.8 Å². The summed E-state index contributed by atoms with van der Waals surface area (Å²) in [7, 11) is 0. The molecule has 22 heavy (non-hydrogen) atoms. The Hall–Kier alpha value is -2.06. The van der Waals surface area contributed by atoms with E-state index in [1.807, 2.05) is 19.2 Å². The van der Waals surface area contributed by atoms with Gasteiger partial charge in [-0.1, -0.05) is 0 Å². The van der Waals surface area contributed by atoms with E-state index < -0.39 is 10.7 Å². The maximum absolute atomic E-state index is 13.7. The van der Waals surface area contributed by atoms with Gasteiger partial charge in [-0.25, -0.2) is 9.37 Å². The first kappa shape index (κ1) is 16.3. The quantitative estimate of drug-likeness (QED) is 0.570. The Kier molecular flexibility index (Phi) is 5.40. The average Bonchev–Trinajstić information content (AvgIpc) is 2.95. The Labute approximate surface area is 130 Å². The molecule has 0 spiro atoms. The molecule has 1 aromatic heterocycles. The Bertz CT molecular complexity index is 662. The van der Waals surface area contributed by atoms with Crippen LogP contribution in [0.5, 0.6) is 5.75 Å². The van der Waals surface area contributed by atoms with Gasteiger partial charge in [-0.05, 0) is 19.9 Å². The van der Waals surface area contributed by atoms with Crippen molar-refractivity contribution in [1.29, 1.82) is 0 Å². The molecule has 118 valence electrons. The van der Waals surface area contributed by atoms with Crippen LogP contribution in [0.15, 0.2) is 23.6 Å². The lowest BCUT2D eigenvalue weighted by Gasteiger charge is -2.07. The highest BCUT2D eigenvalue weighted by atomic mass is 32.1. The van der Waals surface area contributed by atoms with Gasteiger partial charge in [-0.15, -0.1) is 11.3 Å². The van der Waals surface area contributed by atoms with E-state index >= 15 is 0 Å². The minimum absolute atomic E-state index is 0.0435. The fourth-order valence-corrected chi connectivity index (χ4v) is 2.58. The van der Waals surface area contributed by atoms with Crippen LogP contribution >= 0.6 is 11.3 Å². The summed E-state index contributed by atoms with van der Waals surface area (Å²) >= 11 is 1.44. The smallest absolute Gasteiger partial charge is 0.272 e. The number of aromatic nitrogens is 1. The topological polar surface area (TPSA) is 74.5 Å². The van der Waals surface area contributed by atoms with Crippen molar-refractivity contribution in [3.05, 3.63) is 50.2 Å². The second kappa shape index (κ2) is 7.28. The van der Waals surface area contributed by atoms with E-state index in [1.54, 1.807) is 0 Å². The van der Waals surface area contributed by atoms with Crippen LogP contribution in [0.1, 0.15) is 30.7 Å². The summed E-state index contributed by atoms with van der Waals surface area (Å²) in [5.74, 6) is -0.814. The van der Waals surface area contributed by atoms with Crippen LogP contribution in [0.2, 0.25) is 0 Å². The summed E-state index contributed by atoms with van der Waals surface area (Å²) in [5.41, 5.74) is 0.343. The van der Waals surface area contributed by atoms with Crippen molar-refractivity contribution in [2.75, 3.05) is 6.61 Å². The second-order valence-corrected chi connectivity index (χ2v) is 5.32. The third kappa shape index (κ3) is 3.99. The molecule has 1 unspecified atom stereocenters. The normalized spacial score (nSPS) is 12.1. The van der Waals surface area contributed by atoms with Crippen molar-refractivity contribution in [3.8, 4) is 5.75 Å². The standard InChI is InChI=1S/C14H15FN2O4S/c1-3-20-9(2)14-16-10(8-22-14)7-21-13-5-4-11(17(18)19)6-12(13)15/h4-6,8-9H,3,7H2,1-2H3. The van der Waals surface area contributed by atoms with Crippen LogP contribution < -0.4 is 4.74 Å². The van der Waals surface area contributed by atoms with Gasteiger partial charge in [0.2, 0.25) is 0 Å². The van der Waals surface area contributed by atoms with Gasteiger partial charge in [-0.3, -0.25) is 10.1 Å². The summed E-state index contributed by atoms with van der Waals surface area (Å²) in [6.07, 6.45) is -0.0974. The van der Waals surface area contributed by atoms with E-state index in [2.05, 4.69) is 4.98 Å². The van der Waals surface area contributed by atoms with Gasteiger partial charge in [-0.2, -0.15) is 0 Å². The van der Waals surface area contributed by atoms with Crippen LogP contribution in [0, 0.1) is 15.9 Å². The van der Waals surface area contributed by atoms with Gasteiger partial charge < -0.3 is 9.47 Å². The predicted molar refractivity (Wildman–Crippen MR) is 79.5 cm³/mol. The zero-order valence-electron chi connectivity index (χ0n) is 12.1. The molecule has 1 heterocycles. The average molecular weight is 326 g/mol. The lowest BCUT2D eigenvalue weighted by Crippen LogP contribution is -2.01. The highest BCUT2D eigenvalue weighted by Crippen LogP contribution is 2.25. The van der Waals surface area contributed by atoms with Crippen molar-refractivity contribution in [3.63, 3.8) is 0 Å². The molecule has 0 bridgehead atoms. The number of nitrogens with zero attached hydrogens (tertiary/aromatic N) is 2. The summed E-state index contributed by atoms with van der Waals surface area (Å²) in [6.45, 7) is 4.50. The first-order valence-corrected chi connectivity index (χ1v) is 7.52. The number of non-ortho nitro benzene ring substituents is 1. The molecule has 0 radical (unpaired) electrons. The van der Waals surface area contributed by atoms with E-state index in [9.17, 15) is 14.5 Å². The Morgan fingerprint density at radius 3 is 2.91 bits per heavy atom. The van der Waals surface area contributed by atoms with E-state index in [4.69, 9.17) is 9.47 Å². The Morgan fingerprint density at radius 2 is 2.27 bits per heavy atom. The van der Waals surface area contributed by atoms with Crippen LogP contribution in [-0.4, -0.2) is 16.5 Å². The predicted octanol–water partition coefficient (Wildman–Crippen LogP) is 3.87. The molecule has 0 saturated carbocycles. The maximum atomic E-state index is 13.7. The van der Waals surface area contributed by atoms with Crippen molar-refractivity contribution in [1.82, 2.24) is 4.98 Å². The summed E-state index contributed by atoms with van der Waals surface area (Å²) < 4.78 is 24.4. The number of nitro groups is 1. The van der Waals surface area contributed by atoms with Crippen molar-refractivity contribution in [2.24, 2.45) is 0 Å². The molecule has 0 fully saturated rings. The molecule has 1 atom stereocenters. The molecule has 0 aliphatic rings. The van der Waals surface area contributed by atoms with Crippen LogP contribution in [0.25, 0.3) is 0 Å². The largest absolute Gasteiger partial charge is 0.484 e. The summed E-state index contributed by atoms with van der Waals surface area (Å²) in [4.78, 5) is 14.2. The van der Waals surface area contributed by atoms with E-state index in [1.165, 1.54) is 23.5 Å². The third-order valence-electron chi connectivity index (χ3n) is 2.84. The zero-order chi connectivity index (χ0) is 16.1. The van der Waals surface area contributed by atoms with E-state index in [-0.39, 0.29) is 24.1 Å². The number of ether oxygens (including phenoxy) is 2. The zero-order valence-corrected chi connectivity index (χ0v) is 12.9. The minimum Gasteiger partial charge on any atom is -0.484 e. The van der Waals surface area contributed by atoms with Gasteiger partial charge in [0.25, 0.3) is 5.69 Å². The van der Waals surface area contributed by atoms with Gasteiger partial charge in [0, 0.05) is 18.1 Å². The Balaban J connectivity index is 2.00. The molecule has 2 aromatic rings. The van der Waals surface area contributed by atoms with Crippen molar-refractivity contribution >= 4 is 17.0 Å². The fourth-order valence-electron chi connectivity index (χ4n) is 1.77. The minimum atomic E-state index is -0.771. The fraction of sp³-hybridized carbons (Fsp3) is 0.357. The monoisotopic (exact) mass is 326 g/mol. The summed E-state index contributed by atoms with van der Waals surface area (Å²) in [5, 5.41) is 13.2. The molecular weight excluding hydrogens is 311 g/mol. The first-order chi connectivity index (χ1) is 10.5. The molecule has 2 rings (SSSR count). The lowest BCUT2D eigenvalue weighted by atomic mass is 10.3. The van der Waals surface area contributed by atoms with Crippen molar-refractivity contribution in [2.45, 2.75) is 26.6 Å². The second-order valence-electron chi connectivity index (χ2n) is 4.44. The lowest BCUT2D eigenvalue weighted by molar-refractivity contribution is -0.385. The maximum Gasteiger partial charge on any atom is 0.272 e. The number of nitro benzene ring substituents is 1. The molecule has 1 aromatic carbocycles. The molecule has 0 saturated heterocycles. The van der Waals surface area contributed by atoms with Gasteiger partial charge in [0.15, 0.2) is 11.6 Å². The molecule has 8 heteroatoms. The first-order valence-electron chi connectivity index (χ1n) is 6.64. The number of thiazole rings is 1. The number of hydrogen-bond acceptors (Lipinski definition) is 6. The van der Waals surface area contributed by atoms with Gasteiger partial charge >= 0.3 is 0 Å². The number of rotatable bonds is 7. The third-order valence-corrected chi connectivity index (χ3v) is 3.89. The highest BCUT2D eigenvalue weighted by Gasteiger charge is 2.13. The molecular formula is C14H15FN2O4S. The van der Waals surface area contributed by atoms with Crippen LogP contribution in [-0.2, 0) is 11.3 Å². The van der Waals surface area contributed by atoms with Gasteiger partial charge in [0.1, 0.15) is 17.7 Å². The number of benzene rings is 1. The van der Waals surface area contributed by atoms with E-state index in [0.29, 0.717) is 12.3 Å². The molecule has 0 N–H and O–H groups in total. The Morgan fingerprint density at radius 1 is 1.50 bits per heavy atom. The molecule has 0 aliphatic carbocycles. The SMILES string of the molecule is CCOC(C)c1nc(COc2ccc([N+](=O)[O-])cc2F)cs1. The van der Waals surface area contributed by atoms with Crippen LogP contribution in [0.4, 0.5) is 10.1 Å². The number of halogens is 1. The summed E-state index contributed by atoms with van der Waals surface area (Å²) in [6, 6.07) is 3.27. The molecule has 0 amide bonds. The van der Waals surface area contributed by atoms with Crippen LogP contribution in [0.3, 0.4) is 0 Å². The van der Waals surface area contributed by atoms with E-state index in [0.717, 1.165) is 11.1 Å².